The van der Waals surface area contributed by atoms with E-state index in [0.29, 0.717) is 17.9 Å². The van der Waals surface area contributed by atoms with E-state index in [1.165, 1.54) is 11.1 Å². The quantitative estimate of drug-likeness (QED) is 0.587. The van der Waals surface area contributed by atoms with Crippen LogP contribution in [0.5, 0.6) is 0 Å². The number of hydrogen-bond donors (Lipinski definition) is 0. The van der Waals surface area contributed by atoms with E-state index in [9.17, 15) is 4.21 Å². The maximum Gasteiger partial charge on any atom is 0.145 e. The smallest absolute Gasteiger partial charge is 0.145 e. The molecule has 0 aliphatic heterocycles. The number of ether oxygens (including phenoxy) is 1. The number of benzene rings is 1. The summed E-state index contributed by atoms with van der Waals surface area (Å²) >= 11 is 3.62. The van der Waals surface area contributed by atoms with Crippen LogP contribution in [0.15, 0.2) is 27.1 Å². The van der Waals surface area contributed by atoms with Crippen molar-refractivity contribution in [1.82, 2.24) is 0 Å². The largest absolute Gasteiger partial charge is 0.381 e. The Morgan fingerprint density at radius 3 is 2.63 bits per heavy atom. The van der Waals surface area contributed by atoms with Gasteiger partial charge in [0.15, 0.2) is 0 Å². The van der Waals surface area contributed by atoms with E-state index in [-0.39, 0.29) is 10.2 Å². The van der Waals surface area contributed by atoms with Gasteiger partial charge in [0.05, 0.1) is 16.6 Å². The first-order valence-corrected chi connectivity index (χ1v) is 11.8. The predicted molar refractivity (Wildman–Crippen MR) is 118 cm³/mol. The summed E-state index contributed by atoms with van der Waals surface area (Å²) < 4.78 is 24.4. The van der Waals surface area contributed by atoms with Crippen LogP contribution in [0.1, 0.15) is 65.0 Å². The Kier molecular flexibility index (Phi) is 6.06. The van der Waals surface area contributed by atoms with Gasteiger partial charge in [-0.05, 0) is 69.6 Å². The van der Waals surface area contributed by atoms with Gasteiger partial charge in [-0.15, -0.1) is 0 Å². The van der Waals surface area contributed by atoms with Gasteiger partial charge < -0.3 is 4.74 Å². The zero-order chi connectivity index (χ0) is 20.0. The Morgan fingerprint density at radius 2 is 2.04 bits per heavy atom. The highest BCUT2D eigenvalue weighted by Crippen LogP contribution is 2.53. The van der Waals surface area contributed by atoms with Crippen molar-refractivity contribution in [3.8, 4) is 0 Å². The lowest BCUT2D eigenvalue weighted by Crippen LogP contribution is -2.46. The number of methoxy groups -OCH3 is 1. The van der Waals surface area contributed by atoms with Gasteiger partial charge in [-0.1, -0.05) is 42.3 Å². The van der Waals surface area contributed by atoms with Crippen molar-refractivity contribution in [3.05, 3.63) is 33.8 Å². The molecule has 150 valence electrons. The van der Waals surface area contributed by atoms with Gasteiger partial charge >= 0.3 is 0 Å². The van der Waals surface area contributed by atoms with Gasteiger partial charge in [0, 0.05) is 22.6 Å². The molecule has 5 atom stereocenters. The molecule has 0 saturated heterocycles. The van der Waals surface area contributed by atoms with Crippen molar-refractivity contribution in [3.63, 3.8) is 0 Å². The molecule has 27 heavy (non-hydrogen) atoms. The molecule has 1 aromatic rings. The van der Waals surface area contributed by atoms with Crippen LogP contribution in [0.2, 0.25) is 0 Å². The summed E-state index contributed by atoms with van der Waals surface area (Å²) in [4.78, 5) is 0. The Morgan fingerprint density at radius 1 is 1.33 bits per heavy atom. The van der Waals surface area contributed by atoms with Crippen molar-refractivity contribution < 1.29 is 8.95 Å². The first-order valence-electron chi connectivity index (χ1n) is 9.94. The van der Waals surface area contributed by atoms with Gasteiger partial charge in [-0.2, -0.15) is 4.40 Å². The normalized spacial score (nSPS) is 33.4. The lowest BCUT2D eigenvalue weighted by Gasteiger charge is -2.46. The molecule has 2 aliphatic rings. The van der Waals surface area contributed by atoms with E-state index in [1.807, 2.05) is 27.9 Å². The molecule has 0 amide bonds. The van der Waals surface area contributed by atoms with Gasteiger partial charge in [0.25, 0.3) is 0 Å². The van der Waals surface area contributed by atoms with E-state index >= 15 is 0 Å². The lowest BCUT2D eigenvalue weighted by molar-refractivity contribution is -0.0419. The molecule has 3 nitrogen and oxygen atoms in total. The highest BCUT2D eigenvalue weighted by atomic mass is 79.9. The molecule has 1 saturated carbocycles. The number of halogens is 1. The SMILES string of the molecule is CC[C@@H]1C[C@@]2(Cc3ccc(Br)cc3C2=N[S@@](=O)C(C)(C)C)C[C@H](C)[C@H]1OC. The second-order valence-electron chi connectivity index (χ2n) is 9.31. The van der Waals surface area contributed by atoms with E-state index in [2.05, 4.69) is 48.0 Å². The molecule has 1 aromatic carbocycles. The molecular weight excluding hydrogens is 422 g/mol. The van der Waals surface area contributed by atoms with Crippen LogP contribution in [0.3, 0.4) is 0 Å². The van der Waals surface area contributed by atoms with Crippen LogP contribution in [-0.4, -0.2) is 27.9 Å². The van der Waals surface area contributed by atoms with Gasteiger partial charge in [0.2, 0.25) is 0 Å². The monoisotopic (exact) mass is 453 g/mol. The third-order valence-corrected chi connectivity index (χ3v) is 8.13. The molecular formula is C22H32BrNO2S. The van der Waals surface area contributed by atoms with Gasteiger partial charge in [0.1, 0.15) is 11.0 Å². The molecule has 0 unspecified atom stereocenters. The van der Waals surface area contributed by atoms with Crippen LogP contribution in [0.4, 0.5) is 0 Å². The minimum atomic E-state index is -1.26. The highest BCUT2D eigenvalue weighted by Gasteiger charge is 2.51. The Bertz CT molecular complexity index is 770. The second-order valence-corrected chi connectivity index (χ2v) is 12.1. The van der Waals surface area contributed by atoms with E-state index in [0.717, 1.165) is 35.9 Å². The Labute approximate surface area is 175 Å². The summed E-state index contributed by atoms with van der Waals surface area (Å²) in [6.07, 6.45) is 4.48. The van der Waals surface area contributed by atoms with E-state index in [4.69, 9.17) is 9.13 Å². The molecule has 0 radical (unpaired) electrons. The Balaban J connectivity index is 2.11. The number of nitrogens with zero attached hydrogens (tertiary/aromatic N) is 1. The standard InChI is InChI=1S/C22H32BrNO2S/c1-7-15-12-22(11-14(2)19(15)26-6)13-16-8-9-17(23)10-18(16)20(22)24-27(25)21(3,4)5/h8-10,14-15,19H,7,11-13H2,1-6H3/t14-,15+,19+,22+,27-/m0/s1. The first-order chi connectivity index (χ1) is 12.6. The zero-order valence-electron chi connectivity index (χ0n) is 17.3. The maximum absolute atomic E-state index is 13.0. The van der Waals surface area contributed by atoms with E-state index < -0.39 is 11.0 Å². The summed E-state index contributed by atoms with van der Waals surface area (Å²) in [7, 11) is 0.577. The molecule has 0 aromatic heterocycles. The zero-order valence-corrected chi connectivity index (χ0v) is 19.7. The van der Waals surface area contributed by atoms with Gasteiger partial charge in [-0.3, -0.25) is 0 Å². The van der Waals surface area contributed by atoms with E-state index in [1.54, 1.807) is 0 Å². The van der Waals surface area contributed by atoms with Crippen LogP contribution in [0.25, 0.3) is 0 Å². The minimum absolute atomic E-state index is 0.0286. The fourth-order valence-electron chi connectivity index (χ4n) is 5.06. The molecule has 5 heteroatoms. The van der Waals surface area contributed by atoms with Crippen LogP contribution in [-0.2, 0) is 22.1 Å². The lowest BCUT2D eigenvalue weighted by atomic mass is 9.62. The Hall–Kier alpha value is -0.520. The summed E-state index contributed by atoms with van der Waals surface area (Å²) in [5.74, 6) is 0.963. The summed E-state index contributed by atoms with van der Waals surface area (Å²) in [5.41, 5.74) is 3.55. The molecule has 1 spiro atoms. The molecule has 2 aliphatic carbocycles. The van der Waals surface area contributed by atoms with Crippen LogP contribution < -0.4 is 0 Å². The number of rotatable bonds is 3. The number of fused-ring (bicyclic) bond motifs is 1. The molecule has 0 heterocycles. The summed E-state index contributed by atoms with van der Waals surface area (Å²) in [6.45, 7) is 10.5. The average Bonchev–Trinajstić information content (AvgIpc) is 2.86. The third kappa shape index (κ3) is 3.97. The molecule has 3 rings (SSSR count). The fourth-order valence-corrected chi connectivity index (χ4v) is 6.15. The van der Waals surface area contributed by atoms with Crippen molar-refractivity contribution in [1.29, 1.82) is 0 Å². The van der Waals surface area contributed by atoms with Crippen molar-refractivity contribution in [2.24, 2.45) is 21.6 Å². The fraction of sp³-hybridized carbons (Fsp3) is 0.682. The highest BCUT2D eigenvalue weighted by molar-refractivity contribution is 9.10. The molecule has 1 fully saturated rings. The van der Waals surface area contributed by atoms with Crippen molar-refractivity contribution in [2.75, 3.05) is 7.11 Å². The topological polar surface area (TPSA) is 38.7 Å². The summed E-state index contributed by atoms with van der Waals surface area (Å²) in [6, 6.07) is 6.48. The van der Waals surface area contributed by atoms with Gasteiger partial charge in [-0.25, -0.2) is 4.21 Å². The molecule has 0 bridgehead atoms. The average molecular weight is 454 g/mol. The number of hydrogen-bond acceptors (Lipinski definition) is 2. The van der Waals surface area contributed by atoms with Crippen LogP contribution in [0, 0.1) is 17.3 Å². The molecule has 0 N–H and O–H groups in total. The predicted octanol–water partition coefficient (Wildman–Crippen LogP) is 5.71. The second kappa shape index (κ2) is 7.72. The van der Waals surface area contributed by atoms with Crippen LogP contribution >= 0.6 is 15.9 Å². The first kappa shape index (κ1) is 21.2. The van der Waals surface area contributed by atoms with Crippen molar-refractivity contribution >= 4 is 32.6 Å². The summed E-state index contributed by atoms with van der Waals surface area (Å²) in [5, 5.41) is 0. The minimum Gasteiger partial charge on any atom is -0.381 e. The maximum atomic E-state index is 13.0. The third-order valence-electron chi connectivity index (χ3n) is 6.24. The van der Waals surface area contributed by atoms with Crippen molar-refractivity contribution in [2.45, 2.75) is 71.2 Å².